The monoisotopic (exact) mass is 274 g/mol. The molecule has 0 bridgehead atoms. The lowest BCUT2D eigenvalue weighted by atomic mass is 10.3. The van der Waals surface area contributed by atoms with Crippen LogP contribution < -0.4 is 16.0 Å². The molecule has 0 aliphatic carbocycles. The fourth-order valence-electron chi connectivity index (χ4n) is 1.64. The number of carbonyl (C=O) groups is 2. The van der Waals surface area contributed by atoms with Gasteiger partial charge < -0.3 is 15.5 Å². The second kappa shape index (κ2) is 8.34. The van der Waals surface area contributed by atoms with Crippen molar-refractivity contribution in [2.45, 2.75) is 13.0 Å². The highest BCUT2D eigenvalue weighted by Gasteiger charge is 2.15. The number of urea groups is 1. The van der Waals surface area contributed by atoms with Crippen molar-refractivity contribution in [2.75, 3.05) is 44.7 Å². The van der Waals surface area contributed by atoms with E-state index < -0.39 is 6.03 Å². The molecule has 104 valence electrons. The van der Waals surface area contributed by atoms with Crippen LogP contribution in [0, 0.1) is 0 Å². The van der Waals surface area contributed by atoms with Crippen molar-refractivity contribution in [2.24, 2.45) is 0 Å². The summed E-state index contributed by atoms with van der Waals surface area (Å²) in [7, 11) is 1.48. The summed E-state index contributed by atoms with van der Waals surface area (Å²) in [6, 6.07) is -0.830. The number of amides is 3. The van der Waals surface area contributed by atoms with Gasteiger partial charge in [0.2, 0.25) is 5.91 Å². The van der Waals surface area contributed by atoms with Crippen molar-refractivity contribution in [1.29, 1.82) is 0 Å². The molecular weight excluding hydrogens is 252 g/mol. The van der Waals surface area contributed by atoms with Crippen molar-refractivity contribution < 1.29 is 9.59 Å². The van der Waals surface area contributed by atoms with E-state index >= 15 is 0 Å². The minimum absolute atomic E-state index is 0.302. The van der Waals surface area contributed by atoms with Crippen LogP contribution in [0.15, 0.2) is 0 Å². The van der Waals surface area contributed by atoms with E-state index in [-0.39, 0.29) is 11.9 Å². The quantitative estimate of drug-likeness (QED) is 0.628. The molecule has 0 radical (unpaired) electrons. The highest BCUT2D eigenvalue weighted by atomic mass is 32.2. The topological polar surface area (TPSA) is 73.5 Å². The second-order valence-electron chi connectivity index (χ2n) is 4.20. The molecule has 1 heterocycles. The van der Waals surface area contributed by atoms with E-state index in [1.165, 1.54) is 18.6 Å². The first-order valence-electron chi connectivity index (χ1n) is 6.19. The molecule has 1 fully saturated rings. The van der Waals surface area contributed by atoms with Gasteiger partial charge in [0.05, 0.1) is 6.04 Å². The summed E-state index contributed by atoms with van der Waals surface area (Å²) in [6.07, 6.45) is 0. The molecule has 0 saturated carbocycles. The average Bonchev–Trinajstić information content (AvgIpc) is 2.39. The zero-order valence-electron chi connectivity index (χ0n) is 11.0. The summed E-state index contributed by atoms with van der Waals surface area (Å²) >= 11 is 1.98. The van der Waals surface area contributed by atoms with E-state index in [0.717, 1.165) is 26.2 Å². The largest absolute Gasteiger partial charge is 0.341 e. The number of imide groups is 1. The molecule has 7 heteroatoms. The first-order chi connectivity index (χ1) is 8.63. The van der Waals surface area contributed by atoms with E-state index in [1.807, 2.05) is 11.8 Å². The number of hydrogen-bond acceptors (Lipinski definition) is 5. The van der Waals surface area contributed by atoms with Gasteiger partial charge in [-0.1, -0.05) is 0 Å². The average molecular weight is 274 g/mol. The molecule has 1 aliphatic heterocycles. The lowest BCUT2D eigenvalue weighted by Gasteiger charge is -2.26. The number of carbonyl (C=O) groups excluding carboxylic acids is 2. The van der Waals surface area contributed by atoms with E-state index in [1.54, 1.807) is 6.92 Å². The maximum Gasteiger partial charge on any atom is 0.321 e. The summed E-state index contributed by atoms with van der Waals surface area (Å²) in [5, 5.41) is 7.72. The number of thioether (sulfide) groups is 1. The normalized spacial score (nSPS) is 18.1. The first kappa shape index (κ1) is 15.3. The second-order valence-corrected chi connectivity index (χ2v) is 5.42. The van der Waals surface area contributed by atoms with Gasteiger partial charge in [0.25, 0.3) is 0 Å². The number of rotatable bonds is 5. The maximum atomic E-state index is 11.5. The third-order valence-corrected chi connectivity index (χ3v) is 3.78. The lowest BCUT2D eigenvalue weighted by Crippen LogP contribution is -2.49. The number of hydrogen-bond donors (Lipinski definition) is 3. The summed E-state index contributed by atoms with van der Waals surface area (Å²) in [6.45, 7) is 5.69. The van der Waals surface area contributed by atoms with Gasteiger partial charge in [-0.3, -0.25) is 10.1 Å². The predicted molar refractivity (Wildman–Crippen MR) is 73.8 cm³/mol. The minimum Gasteiger partial charge on any atom is -0.341 e. The molecule has 1 rings (SSSR count). The van der Waals surface area contributed by atoms with Crippen LogP contribution in [-0.4, -0.2) is 67.6 Å². The van der Waals surface area contributed by atoms with Gasteiger partial charge in [-0.2, -0.15) is 11.8 Å². The van der Waals surface area contributed by atoms with Gasteiger partial charge in [-0.15, -0.1) is 0 Å². The van der Waals surface area contributed by atoms with E-state index in [2.05, 4.69) is 20.9 Å². The van der Waals surface area contributed by atoms with E-state index in [9.17, 15) is 9.59 Å². The fourth-order valence-corrected chi connectivity index (χ4v) is 2.62. The zero-order chi connectivity index (χ0) is 13.4. The van der Waals surface area contributed by atoms with E-state index in [0.29, 0.717) is 0 Å². The van der Waals surface area contributed by atoms with Crippen LogP contribution in [0.5, 0.6) is 0 Å². The molecule has 0 aromatic carbocycles. The van der Waals surface area contributed by atoms with Crippen molar-refractivity contribution in [3.05, 3.63) is 0 Å². The van der Waals surface area contributed by atoms with Crippen molar-refractivity contribution >= 4 is 23.7 Å². The predicted octanol–water partition coefficient (Wildman–Crippen LogP) is -0.531. The highest BCUT2D eigenvalue weighted by molar-refractivity contribution is 7.99. The molecule has 18 heavy (non-hydrogen) atoms. The first-order valence-corrected chi connectivity index (χ1v) is 7.35. The molecule has 1 unspecified atom stereocenters. The Morgan fingerprint density at radius 2 is 2.00 bits per heavy atom. The molecule has 0 spiro atoms. The van der Waals surface area contributed by atoms with Crippen LogP contribution >= 0.6 is 11.8 Å². The Morgan fingerprint density at radius 3 is 2.61 bits per heavy atom. The van der Waals surface area contributed by atoms with Crippen LogP contribution in [0.25, 0.3) is 0 Å². The van der Waals surface area contributed by atoms with Gasteiger partial charge in [0, 0.05) is 44.7 Å². The van der Waals surface area contributed by atoms with Crippen molar-refractivity contribution in [1.82, 2.24) is 20.9 Å². The molecule has 0 aromatic heterocycles. The zero-order valence-corrected chi connectivity index (χ0v) is 11.8. The third-order valence-electron chi connectivity index (χ3n) is 2.84. The van der Waals surface area contributed by atoms with Crippen LogP contribution in [0.1, 0.15) is 6.92 Å². The lowest BCUT2D eigenvalue weighted by molar-refractivity contribution is -0.121. The van der Waals surface area contributed by atoms with Crippen molar-refractivity contribution in [3.63, 3.8) is 0 Å². The van der Waals surface area contributed by atoms with Crippen LogP contribution in [0.3, 0.4) is 0 Å². The Kier molecular flexibility index (Phi) is 7.07. The number of nitrogens with zero attached hydrogens (tertiary/aromatic N) is 1. The van der Waals surface area contributed by atoms with Gasteiger partial charge in [-0.25, -0.2) is 4.79 Å². The SMILES string of the molecule is CNC(=O)NC(=O)C(C)NCCN1CCSCC1. The Balaban J connectivity index is 2.13. The van der Waals surface area contributed by atoms with Crippen molar-refractivity contribution in [3.8, 4) is 0 Å². The van der Waals surface area contributed by atoms with Gasteiger partial charge in [0.15, 0.2) is 0 Å². The smallest absolute Gasteiger partial charge is 0.321 e. The molecule has 1 aliphatic rings. The Hall–Kier alpha value is -0.790. The maximum absolute atomic E-state index is 11.5. The molecule has 0 aromatic rings. The standard InChI is InChI=1S/C11H22N4O2S/c1-9(10(16)14-11(17)12-2)13-3-4-15-5-7-18-8-6-15/h9,13H,3-8H2,1-2H3,(H2,12,14,16,17). The molecular formula is C11H22N4O2S. The molecule has 1 saturated heterocycles. The highest BCUT2D eigenvalue weighted by Crippen LogP contribution is 2.07. The molecule has 3 N–H and O–H groups in total. The molecule has 6 nitrogen and oxygen atoms in total. The minimum atomic E-state index is -0.471. The van der Waals surface area contributed by atoms with Gasteiger partial charge in [0.1, 0.15) is 0 Å². The van der Waals surface area contributed by atoms with E-state index in [4.69, 9.17) is 0 Å². The Morgan fingerprint density at radius 1 is 1.33 bits per heavy atom. The van der Waals surface area contributed by atoms with Gasteiger partial charge >= 0.3 is 6.03 Å². The summed E-state index contributed by atoms with van der Waals surface area (Å²) in [4.78, 5) is 24.9. The summed E-state index contributed by atoms with van der Waals surface area (Å²) < 4.78 is 0. The summed E-state index contributed by atoms with van der Waals surface area (Å²) in [5.41, 5.74) is 0. The third kappa shape index (κ3) is 5.70. The van der Waals surface area contributed by atoms with Crippen LogP contribution in [0.2, 0.25) is 0 Å². The number of nitrogens with one attached hydrogen (secondary N) is 3. The Bertz CT molecular complexity index is 282. The fraction of sp³-hybridized carbons (Fsp3) is 0.818. The molecule has 3 amide bonds. The van der Waals surface area contributed by atoms with Crippen LogP contribution in [0.4, 0.5) is 4.79 Å². The summed E-state index contributed by atoms with van der Waals surface area (Å²) in [5.74, 6) is 2.07. The van der Waals surface area contributed by atoms with Gasteiger partial charge in [-0.05, 0) is 6.92 Å². The van der Waals surface area contributed by atoms with Crippen LogP contribution in [-0.2, 0) is 4.79 Å². The molecule has 1 atom stereocenters. The Labute approximate surface area is 112 Å².